The van der Waals surface area contributed by atoms with Crippen molar-refractivity contribution in [1.29, 1.82) is 0 Å². The molecule has 0 aliphatic heterocycles. The van der Waals surface area contributed by atoms with Crippen molar-refractivity contribution in [2.24, 2.45) is 0 Å². The monoisotopic (exact) mass is 212 g/mol. The number of quaternary nitrogens is 1. The Balaban J connectivity index is 2.30. The summed E-state index contributed by atoms with van der Waals surface area (Å²) >= 11 is 0. The second kappa shape index (κ2) is 5.50. The SMILES string of the molecule is CC[C@H](C)[NH2+]CC(=O)Nc1cc(C)on1. The predicted octanol–water partition coefficient (Wildman–Crippen LogP) is 0.283. The maximum atomic E-state index is 11.4. The van der Waals surface area contributed by atoms with Crippen molar-refractivity contribution in [3.05, 3.63) is 11.8 Å². The van der Waals surface area contributed by atoms with E-state index in [1.807, 2.05) is 5.32 Å². The van der Waals surface area contributed by atoms with Crippen LogP contribution in [0.3, 0.4) is 0 Å². The number of carbonyl (C=O) groups excluding carboxylic acids is 1. The second-order valence-corrected chi connectivity index (χ2v) is 3.70. The van der Waals surface area contributed by atoms with Crippen LogP contribution in [0.5, 0.6) is 0 Å². The third-order valence-electron chi connectivity index (χ3n) is 2.25. The Morgan fingerprint density at radius 2 is 2.47 bits per heavy atom. The van der Waals surface area contributed by atoms with Gasteiger partial charge in [0.1, 0.15) is 5.76 Å². The molecule has 0 aromatic carbocycles. The van der Waals surface area contributed by atoms with E-state index in [2.05, 4.69) is 24.3 Å². The topological polar surface area (TPSA) is 71.7 Å². The van der Waals surface area contributed by atoms with Crippen molar-refractivity contribution in [3.8, 4) is 0 Å². The number of amides is 1. The number of aryl methyl sites for hydroxylation is 1. The van der Waals surface area contributed by atoms with Gasteiger partial charge in [-0.1, -0.05) is 12.1 Å². The number of carbonyl (C=O) groups is 1. The van der Waals surface area contributed by atoms with Crippen molar-refractivity contribution in [2.75, 3.05) is 11.9 Å². The van der Waals surface area contributed by atoms with Gasteiger partial charge >= 0.3 is 0 Å². The molecule has 5 nitrogen and oxygen atoms in total. The summed E-state index contributed by atoms with van der Waals surface area (Å²) < 4.78 is 4.84. The molecule has 5 heteroatoms. The number of hydrogen-bond donors (Lipinski definition) is 2. The van der Waals surface area contributed by atoms with Crippen LogP contribution in [0, 0.1) is 6.92 Å². The van der Waals surface area contributed by atoms with E-state index in [9.17, 15) is 4.79 Å². The smallest absolute Gasteiger partial charge is 0.280 e. The normalized spacial score (nSPS) is 12.5. The zero-order valence-electron chi connectivity index (χ0n) is 9.41. The van der Waals surface area contributed by atoms with E-state index in [1.54, 1.807) is 13.0 Å². The van der Waals surface area contributed by atoms with Gasteiger partial charge in [-0.15, -0.1) is 0 Å². The average molecular weight is 212 g/mol. The lowest BCUT2D eigenvalue weighted by Crippen LogP contribution is -2.90. The molecule has 0 bridgehead atoms. The van der Waals surface area contributed by atoms with Gasteiger partial charge in [0.25, 0.3) is 5.91 Å². The van der Waals surface area contributed by atoms with Crippen LogP contribution in [0.15, 0.2) is 10.6 Å². The van der Waals surface area contributed by atoms with Crippen molar-refractivity contribution in [2.45, 2.75) is 33.2 Å². The van der Waals surface area contributed by atoms with Gasteiger partial charge in [-0.05, 0) is 20.3 Å². The first-order valence-corrected chi connectivity index (χ1v) is 5.18. The summed E-state index contributed by atoms with van der Waals surface area (Å²) in [5.41, 5.74) is 0. The van der Waals surface area contributed by atoms with E-state index in [0.29, 0.717) is 24.2 Å². The van der Waals surface area contributed by atoms with Gasteiger partial charge in [0.05, 0.1) is 6.04 Å². The lowest BCUT2D eigenvalue weighted by molar-refractivity contribution is -0.675. The molecular formula is C10H18N3O2+. The van der Waals surface area contributed by atoms with E-state index in [-0.39, 0.29) is 5.91 Å². The van der Waals surface area contributed by atoms with Gasteiger partial charge in [0.2, 0.25) is 0 Å². The number of aromatic nitrogens is 1. The highest BCUT2D eigenvalue weighted by molar-refractivity contribution is 5.90. The summed E-state index contributed by atoms with van der Waals surface area (Å²) in [5, 5.41) is 8.35. The summed E-state index contributed by atoms with van der Waals surface area (Å²) in [7, 11) is 0. The third kappa shape index (κ3) is 4.12. The van der Waals surface area contributed by atoms with Gasteiger partial charge in [0, 0.05) is 6.07 Å². The van der Waals surface area contributed by atoms with Crippen molar-refractivity contribution in [1.82, 2.24) is 5.16 Å². The van der Waals surface area contributed by atoms with Crippen molar-refractivity contribution < 1.29 is 14.6 Å². The first-order chi connectivity index (χ1) is 7.11. The highest BCUT2D eigenvalue weighted by Gasteiger charge is 2.09. The number of hydrogen-bond acceptors (Lipinski definition) is 3. The maximum absolute atomic E-state index is 11.4. The molecule has 84 valence electrons. The second-order valence-electron chi connectivity index (χ2n) is 3.70. The third-order valence-corrected chi connectivity index (χ3v) is 2.25. The molecule has 1 atom stereocenters. The number of nitrogens with zero attached hydrogens (tertiary/aromatic N) is 1. The quantitative estimate of drug-likeness (QED) is 0.736. The lowest BCUT2D eigenvalue weighted by Gasteiger charge is -2.06. The van der Waals surface area contributed by atoms with Gasteiger partial charge in [-0.3, -0.25) is 4.79 Å². The summed E-state index contributed by atoms with van der Waals surface area (Å²) in [4.78, 5) is 11.4. The fraction of sp³-hybridized carbons (Fsp3) is 0.600. The Bertz CT molecular complexity index is 322. The van der Waals surface area contributed by atoms with Gasteiger partial charge in [0.15, 0.2) is 12.4 Å². The minimum atomic E-state index is -0.0522. The Labute approximate surface area is 89.2 Å². The van der Waals surface area contributed by atoms with Crippen LogP contribution in [-0.2, 0) is 4.79 Å². The molecule has 0 aliphatic rings. The van der Waals surface area contributed by atoms with Gasteiger partial charge in [-0.2, -0.15) is 0 Å². The fourth-order valence-corrected chi connectivity index (χ4v) is 1.09. The van der Waals surface area contributed by atoms with Gasteiger partial charge < -0.3 is 15.2 Å². The maximum Gasteiger partial charge on any atom is 0.280 e. The Hall–Kier alpha value is -1.36. The number of nitrogens with two attached hydrogens (primary N) is 1. The van der Waals surface area contributed by atoms with Crippen molar-refractivity contribution >= 4 is 11.7 Å². The molecular weight excluding hydrogens is 194 g/mol. The van der Waals surface area contributed by atoms with E-state index in [0.717, 1.165) is 6.42 Å². The largest absolute Gasteiger partial charge is 0.360 e. The number of rotatable bonds is 5. The Morgan fingerprint density at radius 1 is 1.73 bits per heavy atom. The molecule has 0 unspecified atom stereocenters. The zero-order chi connectivity index (χ0) is 11.3. The van der Waals surface area contributed by atoms with Crippen LogP contribution in [0.4, 0.5) is 5.82 Å². The summed E-state index contributed by atoms with van der Waals surface area (Å²) in [6.45, 7) is 6.39. The van der Waals surface area contributed by atoms with E-state index in [1.165, 1.54) is 0 Å². The van der Waals surface area contributed by atoms with E-state index >= 15 is 0 Å². The molecule has 0 spiro atoms. The standard InChI is InChI=1S/C10H17N3O2/c1-4-7(2)11-6-10(14)12-9-5-8(3)15-13-9/h5,7,11H,4,6H2,1-3H3,(H,12,13,14)/p+1/t7-/m0/s1. The van der Waals surface area contributed by atoms with Crippen LogP contribution >= 0.6 is 0 Å². The molecule has 1 heterocycles. The van der Waals surface area contributed by atoms with Crippen LogP contribution in [0.2, 0.25) is 0 Å². The molecule has 0 radical (unpaired) electrons. The molecule has 1 rings (SSSR count). The highest BCUT2D eigenvalue weighted by atomic mass is 16.5. The lowest BCUT2D eigenvalue weighted by atomic mass is 10.2. The average Bonchev–Trinajstić information content (AvgIpc) is 2.60. The molecule has 0 aliphatic carbocycles. The van der Waals surface area contributed by atoms with Crippen LogP contribution in [-0.4, -0.2) is 23.7 Å². The van der Waals surface area contributed by atoms with Crippen LogP contribution in [0.25, 0.3) is 0 Å². The van der Waals surface area contributed by atoms with E-state index in [4.69, 9.17) is 4.52 Å². The van der Waals surface area contributed by atoms with E-state index < -0.39 is 0 Å². The minimum Gasteiger partial charge on any atom is -0.360 e. The Kier molecular flexibility index (Phi) is 4.30. The molecule has 1 aromatic rings. The summed E-state index contributed by atoms with van der Waals surface area (Å²) in [6, 6.07) is 2.16. The molecule has 3 N–H and O–H groups in total. The fourth-order valence-electron chi connectivity index (χ4n) is 1.09. The first kappa shape index (κ1) is 11.7. The number of nitrogens with one attached hydrogen (secondary N) is 1. The van der Waals surface area contributed by atoms with Crippen LogP contribution < -0.4 is 10.6 Å². The molecule has 1 aromatic heterocycles. The molecule has 0 saturated heterocycles. The molecule has 0 fully saturated rings. The zero-order valence-corrected chi connectivity index (χ0v) is 9.41. The Morgan fingerprint density at radius 3 is 3.00 bits per heavy atom. The summed E-state index contributed by atoms with van der Waals surface area (Å²) in [6.07, 6.45) is 1.05. The highest BCUT2D eigenvalue weighted by Crippen LogP contribution is 2.05. The minimum absolute atomic E-state index is 0.0522. The number of anilines is 1. The molecule has 0 saturated carbocycles. The summed E-state index contributed by atoms with van der Waals surface area (Å²) in [5.74, 6) is 1.12. The molecule has 1 amide bonds. The first-order valence-electron chi connectivity index (χ1n) is 5.18. The van der Waals surface area contributed by atoms with Crippen molar-refractivity contribution in [3.63, 3.8) is 0 Å². The predicted molar refractivity (Wildman–Crippen MR) is 56.4 cm³/mol. The van der Waals surface area contributed by atoms with Gasteiger partial charge in [-0.25, -0.2) is 0 Å². The van der Waals surface area contributed by atoms with Crippen LogP contribution in [0.1, 0.15) is 26.0 Å². The molecule has 15 heavy (non-hydrogen) atoms.